The lowest BCUT2D eigenvalue weighted by atomic mass is 10.1. The van der Waals surface area contributed by atoms with Gasteiger partial charge < -0.3 is 10.6 Å². The summed E-state index contributed by atoms with van der Waals surface area (Å²) in [5.41, 5.74) is 3.16. The first kappa shape index (κ1) is 20.2. The molecule has 6 nitrogen and oxygen atoms in total. The predicted molar refractivity (Wildman–Crippen MR) is 118 cm³/mol. The summed E-state index contributed by atoms with van der Waals surface area (Å²) >= 11 is 0. The highest BCUT2D eigenvalue weighted by Gasteiger charge is 2.10. The van der Waals surface area contributed by atoms with Gasteiger partial charge in [0, 0.05) is 41.1 Å². The van der Waals surface area contributed by atoms with Crippen LogP contribution in [-0.2, 0) is 0 Å². The standard InChI is InChI=1S/C22H19N5O.ClH/c1-2-24-22(28)15-9-11-17(12-10-15)25-21-18-7-3-4-8-19(18)26-20(27-21)16-6-5-13-23-14-16;/h3-14H,2H2,1H3,(H,24,28)(H,25,26,27);1H. The molecule has 4 rings (SSSR count). The van der Waals surface area contributed by atoms with E-state index in [-0.39, 0.29) is 18.3 Å². The molecule has 0 unspecified atom stereocenters. The molecule has 0 saturated carbocycles. The van der Waals surface area contributed by atoms with Crippen molar-refractivity contribution in [1.29, 1.82) is 0 Å². The smallest absolute Gasteiger partial charge is 0.251 e. The van der Waals surface area contributed by atoms with Crippen molar-refractivity contribution in [3.63, 3.8) is 0 Å². The van der Waals surface area contributed by atoms with Crippen LogP contribution in [0.2, 0.25) is 0 Å². The number of fused-ring (bicyclic) bond motifs is 1. The Morgan fingerprint density at radius 3 is 2.48 bits per heavy atom. The number of carbonyl (C=O) groups is 1. The molecule has 2 N–H and O–H groups in total. The first-order valence-corrected chi connectivity index (χ1v) is 9.07. The zero-order valence-corrected chi connectivity index (χ0v) is 16.6. The first-order chi connectivity index (χ1) is 13.7. The van der Waals surface area contributed by atoms with E-state index in [4.69, 9.17) is 4.98 Å². The maximum absolute atomic E-state index is 11.9. The molecule has 0 radical (unpaired) electrons. The van der Waals surface area contributed by atoms with E-state index in [1.165, 1.54) is 0 Å². The number of hydrogen-bond acceptors (Lipinski definition) is 5. The van der Waals surface area contributed by atoms with Crippen molar-refractivity contribution in [2.75, 3.05) is 11.9 Å². The number of para-hydroxylation sites is 1. The topological polar surface area (TPSA) is 79.8 Å². The number of pyridine rings is 1. The van der Waals surface area contributed by atoms with Crippen LogP contribution in [0.1, 0.15) is 17.3 Å². The second-order valence-corrected chi connectivity index (χ2v) is 6.22. The van der Waals surface area contributed by atoms with Crippen LogP contribution < -0.4 is 10.6 Å². The molecule has 0 aliphatic rings. The molecule has 0 aliphatic carbocycles. The SMILES string of the molecule is CCNC(=O)c1ccc(Nc2nc(-c3cccnc3)nc3ccccc23)cc1.Cl. The van der Waals surface area contributed by atoms with E-state index in [0.29, 0.717) is 23.8 Å². The van der Waals surface area contributed by atoms with Crippen molar-refractivity contribution in [3.8, 4) is 11.4 Å². The van der Waals surface area contributed by atoms with Crippen LogP contribution >= 0.6 is 12.4 Å². The van der Waals surface area contributed by atoms with Crippen LogP contribution in [0.3, 0.4) is 0 Å². The molecule has 29 heavy (non-hydrogen) atoms. The molecule has 0 atom stereocenters. The van der Waals surface area contributed by atoms with Gasteiger partial charge in [0.05, 0.1) is 5.52 Å². The Morgan fingerprint density at radius 2 is 1.76 bits per heavy atom. The Labute approximate surface area is 174 Å². The van der Waals surface area contributed by atoms with Gasteiger partial charge in [0.15, 0.2) is 5.82 Å². The number of nitrogens with zero attached hydrogens (tertiary/aromatic N) is 3. The minimum atomic E-state index is -0.0830. The highest BCUT2D eigenvalue weighted by Crippen LogP contribution is 2.27. The lowest BCUT2D eigenvalue weighted by molar-refractivity contribution is 0.0956. The molecule has 2 heterocycles. The van der Waals surface area contributed by atoms with Gasteiger partial charge in [-0.3, -0.25) is 9.78 Å². The van der Waals surface area contributed by atoms with E-state index in [0.717, 1.165) is 22.2 Å². The monoisotopic (exact) mass is 405 g/mol. The van der Waals surface area contributed by atoms with Crippen LogP contribution in [0, 0.1) is 0 Å². The van der Waals surface area contributed by atoms with E-state index in [1.54, 1.807) is 24.5 Å². The quantitative estimate of drug-likeness (QED) is 0.507. The molecule has 0 saturated heterocycles. The van der Waals surface area contributed by atoms with Crippen LogP contribution in [-0.4, -0.2) is 27.4 Å². The van der Waals surface area contributed by atoms with Gasteiger partial charge in [-0.15, -0.1) is 12.4 Å². The van der Waals surface area contributed by atoms with E-state index >= 15 is 0 Å². The molecule has 4 aromatic rings. The Balaban J connectivity index is 0.00000240. The number of hydrogen-bond donors (Lipinski definition) is 2. The van der Waals surface area contributed by atoms with Gasteiger partial charge in [-0.1, -0.05) is 12.1 Å². The lowest BCUT2D eigenvalue weighted by Crippen LogP contribution is -2.22. The van der Waals surface area contributed by atoms with Gasteiger partial charge in [0.2, 0.25) is 0 Å². The summed E-state index contributed by atoms with van der Waals surface area (Å²) in [5, 5.41) is 7.07. The fourth-order valence-electron chi connectivity index (χ4n) is 2.90. The zero-order valence-electron chi connectivity index (χ0n) is 15.8. The lowest BCUT2D eigenvalue weighted by Gasteiger charge is -2.11. The maximum Gasteiger partial charge on any atom is 0.251 e. The molecule has 0 aliphatic heterocycles. The van der Waals surface area contributed by atoms with Crippen LogP contribution in [0.4, 0.5) is 11.5 Å². The summed E-state index contributed by atoms with van der Waals surface area (Å²) < 4.78 is 0. The van der Waals surface area contributed by atoms with Crippen molar-refractivity contribution >= 4 is 40.7 Å². The summed E-state index contributed by atoms with van der Waals surface area (Å²) in [7, 11) is 0. The van der Waals surface area contributed by atoms with Gasteiger partial charge in [0.25, 0.3) is 5.91 Å². The molecule has 7 heteroatoms. The van der Waals surface area contributed by atoms with Crippen molar-refractivity contribution in [1.82, 2.24) is 20.3 Å². The van der Waals surface area contributed by atoms with Gasteiger partial charge in [-0.2, -0.15) is 0 Å². The van der Waals surface area contributed by atoms with Crippen molar-refractivity contribution in [2.45, 2.75) is 6.92 Å². The third-order valence-corrected chi connectivity index (χ3v) is 4.27. The second-order valence-electron chi connectivity index (χ2n) is 6.22. The minimum absolute atomic E-state index is 0. The fourth-order valence-corrected chi connectivity index (χ4v) is 2.90. The summed E-state index contributed by atoms with van der Waals surface area (Å²) in [6.45, 7) is 2.50. The number of nitrogens with one attached hydrogen (secondary N) is 2. The summed E-state index contributed by atoms with van der Waals surface area (Å²) in [4.78, 5) is 25.5. The number of carbonyl (C=O) groups excluding carboxylic acids is 1. The average Bonchev–Trinajstić information content (AvgIpc) is 2.75. The summed E-state index contributed by atoms with van der Waals surface area (Å²) in [5.74, 6) is 1.23. The third-order valence-electron chi connectivity index (χ3n) is 4.27. The Bertz CT molecular complexity index is 1120. The molecule has 0 fully saturated rings. The van der Waals surface area contributed by atoms with Crippen molar-refractivity contribution in [3.05, 3.63) is 78.6 Å². The van der Waals surface area contributed by atoms with Crippen LogP contribution in [0.5, 0.6) is 0 Å². The molecule has 0 spiro atoms. The van der Waals surface area contributed by atoms with Crippen LogP contribution in [0.15, 0.2) is 73.1 Å². The third kappa shape index (κ3) is 4.50. The van der Waals surface area contributed by atoms with E-state index in [9.17, 15) is 4.79 Å². The molecule has 2 aromatic carbocycles. The Hall–Kier alpha value is -3.51. The number of aromatic nitrogens is 3. The molecule has 0 bridgehead atoms. The molecular weight excluding hydrogens is 386 g/mol. The van der Waals surface area contributed by atoms with Crippen molar-refractivity contribution < 1.29 is 4.79 Å². The van der Waals surface area contributed by atoms with Crippen LogP contribution in [0.25, 0.3) is 22.3 Å². The summed E-state index contributed by atoms with van der Waals surface area (Å²) in [6, 6.07) is 19.0. The fraction of sp³-hybridized carbons (Fsp3) is 0.0909. The number of amides is 1. The normalized spacial score (nSPS) is 10.2. The molecular formula is C22H20ClN5O. The maximum atomic E-state index is 11.9. The second kappa shape index (κ2) is 9.12. The minimum Gasteiger partial charge on any atom is -0.352 e. The zero-order chi connectivity index (χ0) is 19.3. The molecule has 1 amide bonds. The Kier molecular flexibility index (Phi) is 6.36. The largest absolute Gasteiger partial charge is 0.352 e. The molecule has 2 aromatic heterocycles. The average molecular weight is 406 g/mol. The number of benzene rings is 2. The Morgan fingerprint density at radius 1 is 0.966 bits per heavy atom. The van der Waals surface area contributed by atoms with Crippen molar-refractivity contribution in [2.24, 2.45) is 0 Å². The predicted octanol–water partition coefficient (Wildman–Crippen LogP) is 4.61. The van der Waals surface area contributed by atoms with Gasteiger partial charge in [0.1, 0.15) is 5.82 Å². The molecule has 146 valence electrons. The number of rotatable bonds is 5. The number of halogens is 1. The van der Waals surface area contributed by atoms with Gasteiger partial charge in [-0.05, 0) is 55.5 Å². The first-order valence-electron chi connectivity index (χ1n) is 9.07. The highest BCUT2D eigenvalue weighted by molar-refractivity contribution is 5.95. The van der Waals surface area contributed by atoms with E-state index < -0.39 is 0 Å². The van der Waals surface area contributed by atoms with E-state index in [1.807, 2.05) is 55.5 Å². The van der Waals surface area contributed by atoms with Gasteiger partial charge >= 0.3 is 0 Å². The number of anilines is 2. The highest BCUT2D eigenvalue weighted by atomic mass is 35.5. The van der Waals surface area contributed by atoms with E-state index in [2.05, 4.69) is 20.6 Å². The van der Waals surface area contributed by atoms with Gasteiger partial charge in [-0.25, -0.2) is 9.97 Å². The summed E-state index contributed by atoms with van der Waals surface area (Å²) in [6.07, 6.45) is 3.47.